The molecule has 0 aliphatic rings. The molecule has 0 radical (unpaired) electrons. The van der Waals surface area contributed by atoms with Crippen LogP contribution >= 0.6 is 34.4 Å². The van der Waals surface area contributed by atoms with Gasteiger partial charge in [-0.05, 0) is 24.8 Å². The van der Waals surface area contributed by atoms with Crippen molar-refractivity contribution in [2.45, 2.75) is 38.0 Å². The van der Waals surface area contributed by atoms with Gasteiger partial charge < -0.3 is 5.32 Å². The van der Waals surface area contributed by atoms with E-state index in [1.807, 2.05) is 36.7 Å². The summed E-state index contributed by atoms with van der Waals surface area (Å²) < 4.78 is 1.60. The van der Waals surface area contributed by atoms with Crippen LogP contribution in [0.1, 0.15) is 20.3 Å². The number of amides is 1. The first kappa shape index (κ1) is 19.9. The van der Waals surface area contributed by atoms with Gasteiger partial charge in [0.15, 0.2) is 5.16 Å². The van der Waals surface area contributed by atoms with Crippen LogP contribution in [-0.4, -0.2) is 27.3 Å². The summed E-state index contributed by atoms with van der Waals surface area (Å²) in [4.78, 5) is 31.7. The van der Waals surface area contributed by atoms with Crippen LogP contribution < -0.4 is 10.9 Å². The topological polar surface area (TPSA) is 64.0 Å². The van der Waals surface area contributed by atoms with Crippen LogP contribution in [-0.2, 0) is 11.3 Å². The molecule has 5 nitrogen and oxygen atoms in total. The molecular weight excluding hydrogens is 398 g/mol. The highest BCUT2D eigenvalue weighted by Crippen LogP contribution is 2.34. The van der Waals surface area contributed by atoms with Gasteiger partial charge in [-0.2, -0.15) is 0 Å². The van der Waals surface area contributed by atoms with E-state index in [0.717, 1.165) is 16.9 Å². The number of hydrogen-bond acceptors (Lipinski definition) is 6. The average molecular weight is 420 g/mol. The predicted octanol–water partition coefficient (Wildman–Crippen LogP) is 4.38. The van der Waals surface area contributed by atoms with Crippen molar-refractivity contribution in [3.8, 4) is 10.4 Å². The van der Waals surface area contributed by atoms with Crippen molar-refractivity contribution in [2.75, 3.05) is 5.75 Å². The van der Waals surface area contributed by atoms with Crippen molar-refractivity contribution in [2.24, 2.45) is 0 Å². The maximum Gasteiger partial charge on any atom is 0.263 e. The smallest absolute Gasteiger partial charge is 0.263 e. The zero-order valence-electron chi connectivity index (χ0n) is 15.2. The predicted molar refractivity (Wildman–Crippen MR) is 116 cm³/mol. The number of rotatable bonds is 8. The van der Waals surface area contributed by atoms with Crippen LogP contribution in [0.25, 0.3) is 20.7 Å². The number of carbonyl (C=O) groups excluding carboxylic acids is 1. The molecule has 1 N–H and O–H groups in total. The maximum atomic E-state index is 13.2. The summed E-state index contributed by atoms with van der Waals surface area (Å²) in [7, 11) is 0. The molecule has 1 unspecified atom stereocenters. The fourth-order valence-corrected chi connectivity index (χ4v) is 5.19. The van der Waals surface area contributed by atoms with Gasteiger partial charge in [-0.1, -0.05) is 30.8 Å². The summed E-state index contributed by atoms with van der Waals surface area (Å²) in [5.74, 6) is 0.169. The molecule has 0 fully saturated rings. The molecule has 8 heteroatoms. The van der Waals surface area contributed by atoms with Gasteiger partial charge in [0.2, 0.25) is 5.91 Å². The third-order valence-corrected chi connectivity index (χ3v) is 6.86. The van der Waals surface area contributed by atoms with Crippen molar-refractivity contribution in [1.82, 2.24) is 14.9 Å². The van der Waals surface area contributed by atoms with Crippen molar-refractivity contribution in [1.29, 1.82) is 0 Å². The Morgan fingerprint density at radius 2 is 2.30 bits per heavy atom. The van der Waals surface area contributed by atoms with E-state index in [1.165, 1.54) is 23.1 Å². The van der Waals surface area contributed by atoms with Gasteiger partial charge in [0.25, 0.3) is 5.56 Å². The molecule has 3 heterocycles. The largest absolute Gasteiger partial charge is 0.353 e. The van der Waals surface area contributed by atoms with Crippen LogP contribution in [0.3, 0.4) is 0 Å². The fraction of sp³-hybridized carbons (Fsp3) is 0.316. The number of fused-ring (bicyclic) bond motifs is 1. The molecule has 3 aromatic rings. The van der Waals surface area contributed by atoms with E-state index in [2.05, 4.69) is 16.9 Å². The first-order valence-corrected chi connectivity index (χ1v) is 11.4. The van der Waals surface area contributed by atoms with Gasteiger partial charge in [-0.15, -0.1) is 29.3 Å². The lowest BCUT2D eigenvalue weighted by molar-refractivity contribution is -0.119. The first-order valence-electron chi connectivity index (χ1n) is 8.64. The molecule has 0 spiro atoms. The van der Waals surface area contributed by atoms with Crippen LogP contribution in [0.15, 0.2) is 45.5 Å². The lowest BCUT2D eigenvalue weighted by Gasteiger charge is -2.13. The maximum absolute atomic E-state index is 13.2. The quantitative estimate of drug-likeness (QED) is 0.334. The standard InChI is InChI=1S/C19H21N3O2S3/c1-4-8-22-18(24)16-13(14-7-6-9-25-14)10-26-17(16)21-19(22)27-11-15(23)20-12(3)5-2/h4,6-7,9-10,12H,1,5,8,11H2,2-3H3,(H,20,23). The van der Waals surface area contributed by atoms with Gasteiger partial charge in [-0.3, -0.25) is 14.2 Å². The van der Waals surface area contributed by atoms with Crippen LogP contribution in [0.2, 0.25) is 0 Å². The molecule has 27 heavy (non-hydrogen) atoms. The van der Waals surface area contributed by atoms with Crippen LogP contribution in [0.5, 0.6) is 0 Å². The molecule has 3 rings (SSSR count). The van der Waals surface area contributed by atoms with Crippen molar-refractivity contribution in [3.63, 3.8) is 0 Å². The summed E-state index contributed by atoms with van der Waals surface area (Å²) in [5, 5.41) is 8.09. The molecular formula is C19H21N3O2S3. The Labute approximate surface area is 170 Å². The van der Waals surface area contributed by atoms with E-state index < -0.39 is 0 Å². The molecule has 142 valence electrons. The Bertz CT molecular complexity index is 1010. The molecule has 1 amide bonds. The number of allylic oxidation sites excluding steroid dienone is 1. The van der Waals surface area contributed by atoms with Gasteiger partial charge in [0, 0.05) is 28.4 Å². The van der Waals surface area contributed by atoms with Gasteiger partial charge in [-0.25, -0.2) is 4.98 Å². The van der Waals surface area contributed by atoms with Gasteiger partial charge in [0.1, 0.15) is 4.83 Å². The second kappa shape index (κ2) is 8.86. The number of thioether (sulfide) groups is 1. The van der Waals surface area contributed by atoms with Crippen molar-refractivity contribution in [3.05, 3.63) is 45.9 Å². The van der Waals surface area contributed by atoms with Gasteiger partial charge >= 0.3 is 0 Å². The molecule has 0 saturated heterocycles. The molecule has 0 saturated carbocycles. The number of hydrogen-bond donors (Lipinski definition) is 1. The molecule has 0 aliphatic heterocycles. The average Bonchev–Trinajstić information content (AvgIpc) is 3.31. The minimum absolute atomic E-state index is 0.0562. The van der Waals surface area contributed by atoms with E-state index >= 15 is 0 Å². The SMILES string of the molecule is C=CCn1c(SCC(=O)NC(C)CC)nc2scc(-c3cccs3)c2c1=O. The van der Waals surface area contributed by atoms with Crippen molar-refractivity contribution < 1.29 is 4.79 Å². The number of aromatic nitrogens is 2. The van der Waals surface area contributed by atoms with Crippen LogP contribution in [0.4, 0.5) is 0 Å². The third kappa shape index (κ3) is 4.34. The first-order chi connectivity index (χ1) is 13.0. The monoisotopic (exact) mass is 419 g/mol. The highest BCUT2D eigenvalue weighted by atomic mass is 32.2. The van der Waals surface area contributed by atoms with Crippen LogP contribution in [0, 0.1) is 0 Å². The Hall–Kier alpha value is -1.90. The summed E-state index contributed by atoms with van der Waals surface area (Å²) in [6, 6.07) is 4.11. The summed E-state index contributed by atoms with van der Waals surface area (Å²) in [6.45, 7) is 8.11. The van der Waals surface area contributed by atoms with E-state index in [4.69, 9.17) is 0 Å². The second-order valence-corrected chi connectivity index (χ2v) is 8.82. The van der Waals surface area contributed by atoms with E-state index in [1.54, 1.807) is 22.0 Å². The normalized spacial score (nSPS) is 12.2. The van der Waals surface area contributed by atoms with E-state index in [9.17, 15) is 9.59 Å². The fourth-order valence-electron chi connectivity index (χ4n) is 2.57. The molecule has 0 aromatic carbocycles. The summed E-state index contributed by atoms with van der Waals surface area (Å²) in [5.41, 5.74) is 0.834. The Balaban J connectivity index is 1.96. The molecule has 0 aliphatic carbocycles. The minimum atomic E-state index is -0.0885. The molecule has 3 aromatic heterocycles. The number of carbonyl (C=O) groups is 1. The highest BCUT2D eigenvalue weighted by Gasteiger charge is 2.18. The molecule has 0 bridgehead atoms. The third-order valence-electron chi connectivity index (χ3n) is 4.11. The summed E-state index contributed by atoms with van der Waals surface area (Å²) in [6.07, 6.45) is 2.55. The Morgan fingerprint density at radius 3 is 2.96 bits per heavy atom. The Morgan fingerprint density at radius 1 is 1.48 bits per heavy atom. The van der Waals surface area contributed by atoms with E-state index in [0.29, 0.717) is 21.9 Å². The lowest BCUT2D eigenvalue weighted by atomic mass is 10.2. The zero-order chi connectivity index (χ0) is 19.4. The number of nitrogens with one attached hydrogen (secondary N) is 1. The van der Waals surface area contributed by atoms with Gasteiger partial charge in [0.05, 0.1) is 11.1 Å². The zero-order valence-corrected chi connectivity index (χ0v) is 17.7. The second-order valence-electron chi connectivity index (χ2n) is 6.07. The lowest BCUT2D eigenvalue weighted by Crippen LogP contribution is -2.33. The Kier molecular flexibility index (Phi) is 6.51. The number of nitrogens with zero attached hydrogens (tertiary/aromatic N) is 2. The minimum Gasteiger partial charge on any atom is -0.353 e. The number of thiophene rings is 2. The van der Waals surface area contributed by atoms with Crippen molar-refractivity contribution >= 4 is 50.6 Å². The van der Waals surface area contributed by atoms with E-state index in [-0.39, 0.29) is 23.3 Å². The summed E-state index contributed by atoms with van der Waals surface area (Å²) >= 11 is 4.34. The highest BCUT2D eigenvalue weighted by molar-refractivity contribution is 7.99. The molecule has 1 atom stereocenters.